The lowest BCUT2D eigenvalue weighted by atomic mass is 9.97. The van der Waals surface area contributed by atoms with Gasteiger partial charge in [0.1, 0.15) is 0 Å². The predicted molar refractivity (Wildman–Crippen MR) is 119 cm³/mol. The maximum Gasteiger partial charge on any atom is 0.254 e. The Morgan fingerprint density at radius 2 is 1.67 bits per heavy atom. The van der Waals surface area contributed by atoms with E-state index in [9.17, 15) is 9.59 Å². The van der Waals surface area contributed by atoms with Gasteiger partial charge in [0.2, 0.25) is 0 Å². The van der Waals surface area contributed by atoms with Crippen LogP contribution in [-0.4, -0.2) is 52.7 Å². The number of piperazine rings is 1. The van der Waals surface area contributed by atoms with Gasteiger partial charge >= 0.3 is 0 Å². The number of aromatic nitrogens is 1. The fourth-order valence-electron chi connectivity index (χ4n) is 3.61. The highest BCUT2D eigenvalue weighted by Gasteiger charge is 2.26. The first kappa shape index (κ1) is 20.7. The summed E-state index contributed by atoms with van der Waals surface area (Å²) < 4.78 is 0. The largest absolute Gasteiger partial charge is 0.336 e. The summed E-state index contributed by atoms with van der Waals surface area (Å²) in [6, 6.07) is 13.8. The predicted octanol–water partition coefficient (Wildman–Crippen LogP) is 4.29. The molecule has 2 heterocycles. The number of carbonyl (C=O) groups is 2. The van der Waals surface area contributed by atoms with Crippen LogP contribution in [0.25, 0.3) is 0 Å². The van der Waals surface area contributed by atoms with Gasteiger partial charge in [-0.2, -0.15) is 0 Å². The third-order valence-electron chi connectivity index (χ3n) is 5.22. The maximum atomic E-state index is 13.2. The third-order valence-corrected chi connectivity index (χ3v) is 6.29. The molecular weight excluding hydrogens is 418 g/mol. The van der Waals surface area contributed by atoms with Crippen molar-refractivity contribution in [2.24, 2.45) is 0 Å². The van der Waals surface area contributed by atoms with Crippen LogP contribution in [0, 0.1) is 6.92 Å². The van der Waals surface area contributed by atoms with E-state index in [-0.39, 0.29) is 11.7 Å². The molecule has 1 fully saturated rings. The van der Waals surface area contributed by atoms with E-state index in [1.54, 1.807) is 59.9 Å². The van der Waals surface area contributed by atoms with Crippen molar-refractivity contribution in [1.82, 2.24) is 14.8 Å². The standard InChI is InChI=1S/C23H22ClN3O2S/c1-16-25-19(15-30-16)14-26-10-12-27(13-11-26)23(29)21-5-3-2-4-20(21)22(28)17-6-8-18(24)9-7-17/h2-9,15H,10-14H2,1H3. The molecule has 3 aromatic rings. The number of nitrogens with zero attached hydrogens (tertiary/aromatic N) is 3. The molecule has 0 atom stereocenters. The van der Waals surface area contributed by atoms with Gasteiger partial charge < -0.3 is 4.90 Å². The zero-order chi connectivity index (χ0) is 21.1. The van der Waals surface area contributed by atoms with Crippen molar-refractivity contribution in [1.29, 1.82) is 0 Å². The molecule has 1 saturated heterocycles. The van der Waals surface area contributed by atoms with E-state index < -0.39 is 0 Å². The van der Waals surface area contributed by atoms with Gasteiger partial charge in [0.15, 0.2) is 5.78 Å². The van der Waals surface area contributed by atoms with Crippen LogP contribution in [0.15, 0.2) is 53.9 Å². The van der Waals surface area contributed by atoms with Crippen molar-refractivity contribution in [3.63, 3.8) is 0 Å². The average molecular weight is 440 g/mol. The molecule has 0 bridgehead atoms. The van der Waals surface area contributed by atoms with E-state index in [2.05, 4.69) is 15.3 Å². The van der Waals surface area contributed by atoms with Crippen LogP contribution in [0.1, 0.15) is 37.0 Å². The summed E-state index contributed by atoms with van der Waals surface area (Å²) in [4.78, 5) is 34.9. The Kier molecular flexibility index (Phi) is 6.27. The van der Waals surface area contributed by atoms with Crippen molar-refractivity contribution in [3.8, 4) is 0 Å². The Labute approximate surface area is 184 Å². The maximum absolute atomic E-state index is 13.2. The molecule has 7 heteroatoms. The summed E-state index contributed by atoms with van der Waals surface area (Å²) in [7, 11) is 0. The fraction of sp³-hybridized carbons (Fsp3) is 0.261. The van der Waals surface area contributed by atoms with Crippen LogP contribution in [0.2, 0.25) is 5.02 Å². The lowest BCUT2D eigenvalue weighted by Crippen LogP contribution is -2.48. The van der Waals surface area contributed by atoms with Crippen LogP contribution >= 0.6 is 22.9 Å². The monoisotopic (exact) mass is 439 g/mol. The summed E-state index contributed by atoms with van der Waals surface area (Å²) in [5.74, 6) is -0.273. The van der Waals surface area contributed by atoms with Crippen LogP contribution < -0.4 is 0 Å². The highest BCUT2D eigenvalue weighted by molar-refractivity contribution is 7.09. The number of hydrogen-bond donors (Lipinski definition) is 0. The van der Waals surface area contributed by atoms with Gasteiger partial charge in [-0.3, -0.25) is 14.5 Å². The van der Waals surface area contributed by atoms with Crippen molar-refractivity contribution >= 4 is 34.6 Å². The van der Waals surface area contributed by atoms with Gasteiger partial charge in [-0.05, 0) is 37.3 Å². The van der Waals surface area contributed by atoms with Crippen molar-refractivity contribution in [3.05, 3.63) is 86.3 Å². The van der Waals surface area contributed by atoms with Crippen molar-refractivity contribution in [2.75, 3.05) is 26.2 Å². The number of amides is 1. The minimum absolute atomic E-state index is 0.0999. The van der Waals surface area contributed by atoms with Crippen LogP contribution in [0.5, 0.6) is 0 Å². The number of ketones is 1. The molecule has 0 aliphatic carbocycles. The van der Waals surface area contributed by atoms with E-state index in [0.717, 1.165) is 30.3 Å². The Morgan fingerprint density at radius 1 is 1.00 bits per heavy atom. The Bertz CT molecular complexity index is 1060. The van der Waals surface area contributed by atoms with Gasteiger partial charge in [-0.1, -0.05) is 29.8 Å². The topological polar surface area (TPSA) is 53.5 Å². The van der Waals surface area contributed by atoms with Gasteiger partial charge in [-0.25, -0.2) is 4.98 Å². The summed E-state index contributed by atoms with van der Waals surface area (Å²) in [6.07, 6.45) is 0. The zero-order valence-electron chi connectivity index (χ0n) is 16.7. The highest BCUT2D eigenvalue weighted by atomic mass is 35.5. The molecule has 0 saturated carbocycles. The van der Waals surface area contributed by atoms with E-state index in [1.165, 1.54) is 0 Å². The van der Waals surface area contributed by atoms with Crippen LogP contribution in [0.3, 0.4) is 0 Å². The Hall–Kier alpha value is -2.54. The second kappa shape index (κ2) is 9.08. The number of thiazole rings is 1. The molecule has 1 aliphatic heterocycles. The SMILES string of the molecule is Cc1nc(CN2CCN(C(=O)c3ccccc3C(=O)c3ccc(Cl)cc3)CC2)cs1. The molecule has 1 amide bonds. The Morgan fingerprint density at radius 3 is 2.30 bits per heavy atom. The normalized spacial score (nSPS) is 14.7. The second-order valence-corrected chi connectivity index (χ2v) is 8.81. The molecule has 0 spiro atoms. The van der Waals surface area contributed by atoms with Gasteiger partial charge in [0, 0.05) is 54.3 Å². The summed E-state index contributed by atoms with van der Waals surface area (Å²) in [6.45, 7) is 5.65. The quantitative estimate of drug-likeness (QED) is 0.556. The smallest absolute Gasteiger partial charge is 0.254 e. The summed E-state index contributed by atoms with van der Waals surface area (Å²) in [5.41, 5.74) is 2.46. The van der Waals surface area contributed by atoms with Gasteiger partial charge in [-0.15, -0.1) is 11.3 Å². The number of benzene rings is 2. The van der Waals surface area contributed by atoms with Gasteiger partial charge in [0.05, 0.1) is 16.3 Å². The van der Waals surface area contributed by atoms with E-state index in [1.807, 2.05) is 11.8 Å². The van der Waals surface area contributed by atoms with Gasteiger partial charge in [0.25, 0.3) is 5.91 Å². The number of carbonyl (C=O) groups excluding carboxylic acids is 2. The average Bonchev–Trinajstić information content (AvgIpc) is 3.18. The van der Waals surface area contributed by atoms with Crippen molar-refractivity contribution in [2.45, 2.75) is 13.5 Å². The molecule has 0 N–H and O–H groups in total. The first-order chi connectivity index (χ1) is 14.5. The van der Waals surface area contributed by atoms with Crippen molar-refractivity contribution < 1.29 is 9.59 Å². The van der Waals surface area contributed by atoms with E-state index in [4.69, 9.17) is 11.6 Å². The molecule has 1 aromatic heterocycles. The molecule has 0 unspecified atom stereocenters. The molecule has 0 radical (unpaired) electrons. The summed E-state index contributed by atoms with van der Waals surface area (Å²) >= 11 is 7.59. The third kappa shape index (κ3) is 4.61. The minimum atomic E-state index is -0.173. The van der Waals surface area contributed by atoms with E-state index in [0.29, 0.717) is 34.8 Å². The molecule has 4 rings (SSSR count). The lowest BCUT2D eigenvalue weighted by Gasteiger charge is -2.34. The lowest BCUT2D eigenvalue weighted by molar-refractivity contribution is 0.0624. The minimum Gasteiger partial charge on any atom is -0.336 e. The first-order valence-corrected chi connectivity index (χ1v) is 11.1. The number of halogens is 1. The first-order valence-electron chi connectivity index (χ1n) is 9.83. The molecule has 154 valence electrons. The van der Waals surface area contributed by atoms with Crippen LogP contribution in [0.4, 0.5) is 0 Å². The highest BCUT2D eigenvalue weighted by Crippen LogP contribution is 2.20. The van der Waals surface area contributed by atoms with Crippen LogP contribution in [-0.2, 0) is 6.54 Å². The van der Waals surface area contributed by atoms with E-state index >= 15 is 0 Å². The molecular formula is C23H22ClN3O2S. The summed E-state index contributed by atoms with van der Waals surface area (Å²) in [5, 5.41) is 3.73. The number of hydrogen-bond acceptors (Lipinski definition) is 5. The number of aryl methyl sites for hydroxylation is 1. The Balaban J connectivity index is 1.45. The molecule has 30 heavy (non-hydrogen) atoms. The fourth-order valence-corrected chi connectivity index (χ4v) is 4.34. The molecule has 5 nitrogen and oxygen atoms in total. The number of rotatable bonds is 5. The second-order valence-electron chi connectivity index (χ2n) is 7.31. The zero-order valence-corrected chi connectivity index (χ0v) is 18.2. The molecule has 1 aliphatic rings. The molecule has 2 aromatic carbocycles.